The first-order chi connectivity index (χ1) is 11.6. The number of carbonyl (C=O) groups excluding carboxylic acids is 2. The summed E-state index contributed by atoms with van der Waals surface area (Å²) in [5.74, 6) is -0.815. The molecule has 0 N–H and O–H groups in total. The molecular formula is C19H13ClO3S. The Morgan fingerprint density at radius 3 is 2.50 bits per heavy atom. The molecule has 0 atom stereocenters. The van der Waals surface area contributed by atoms with Gasteiger partial charge in [-0.3, -0.25) is 4.79 Å². The molecule has 0 unspecified atom stereocenters. The maximum atomic E-state index is 11.9. The quantitative estimate of drug-likeness (QED) is 0.367. The molecule has 0 spiro atoms. The monoisotopic (exact) mass is 356 g/mol. The standard InChI is InChI=1S/C19H13ClO3S/c20-19-14-8-4-5-9-16(14)24-17(19)10-11-18(22)23-12-15(21)13-6-2-1-3-7-13/h1-11H,12H2/b11-10+. The van der Waals surface area contributed by atoms with Gasteiger partial charge in [0.25, 0.3) is 0 Å². The molecule has 0 fully saturated rings. The van der Waals surface area contributed by atoms with Crippen molar-refractivity contribution < 1.29 is 14.3 Å². The minimum Gasteiger partial charge on any atom is -0.454 e. The van der Waals surface area contributed by atoms with Crippen LogP contribution in [0, 0.1) is 0 Å². The Morgan fingerprint density at radius 2 is 1.75 bits per heavy atom. The fraction of sp³-hybridized carbons (Fsp3) is 0.0526. The first-order valence-electron chi connectivity index (χ1n) is 7.25. The Morgan fingerprint density at radius 1 is 1.04 bits per heavy atom. The van der Waals surface area contributed by atoms with E-state index in [1.807, 2.05) is 30.3 Å². The van der Waals surface area contributed by atoms with Gasteiger partial charge >= 0.3 is 5.97 Å². The van der Waals surface area contributed by atoms with Gasteiger partial charge < -0.3 is 4.74 Å². The van der Waals surface area contributed by atoms with E-state index in [0.29, 0.717) is 10.6 Å². The second-order valence-electron chi connectivity index (χ2n) is 5.01. The number of Topliss-reactive ketones (excluding diaryl/α,β-unsaturated/α-hetero) is 1. The highest BCUT2D eigenvalue weighted by Gasteiger charge is 2.09. The number of esters is 1. The average molecular weight is 357 g/mol. The zero-order valence-electron chi connectivity index (χ0n) is 12.6. The number of carbonyl (C=O) groups is 2. The molecule has 0 saturated heterocycles. The van der Waals surface area contributed by atoms with Crippen LogP contribution in [-0.2, 0) is 9.53 Å². The van der Waals surface area contributed by atoms with Crippen molar-refractivity contribution in [3.05, 3.63) is 76.1 Å². The summed E-state index contributed by atoms with van der Waals surface area (Å²) in [5, 5.41) is 1.57. The molecule has 0 aliphatic carbocycles. The van der Waals surface area contributed by atoms with Gasteiger partial charge in [0, 0.05) is 26.6 Å². The highest BCUT2D eigenvalue weighted by atomic mass is 35.5. The van der Waals surface area contributed by atoms with Crippen LogP contribution in [-0.4, -0.2) is 18.4 Å². The second-order valence-corrected chi connectivity index (χ2v) is 6.47. The summed E-state index contributed by atoms with van der Waals surface area (Å²) in [4.78, 5) is 24.4. The molecule has 5 heteroatoms. The fourth-order valence-corrected chi connectivity index (χ4v) is 3.57. The summed E-state index contributed by atoms with van der Waals surface area (Å²) in [7, 11) is 0. The van der Waals surface area contributed by atoms with Crippen LogP contribution in [0.1, 0.15) is 15.2 Å². The molecule has 0 aliphatic heterocycles. The Kier molecular flexibility index (Phi) is 5.08. The molecular weight excluding hydrogens is 344 g/mol. The van der Waals surface area contributed by atoms with Crippen LogP contribution in [0.5, 0.6) is 0 Å². The lowest BCUT2D eigenvalue weighted by molar-refractivity contribution is -0.136. The van der Waals surface area contributed by atoms with Gasteiger partial charge in [0.1, 0.15) is 0 Å². The van der Waals surface area contributed by atoms with Crippen LogP contribution >= 0.6 is 22.9 Å². The van der Waals surface area contributed by atoms with E-state index in [1.165, 1.54) is 17.4 Å². The number of rotatable bonds is 5. The number of ether oxygens (including phenoxy) is 1. The van der Waals surface area contributed by atoms with E-state index in [0.717, 1.165) is 15.0 Å². The predicted molar refractivity (Wildman–Crippen MR) is 97.6 cm³/mol. The zero-order valence-corrected chi connectivity index (χ0v) is 14.1. The summed E-state index contributed by atoms with van der Waals surface area (Å²) < 4.78 is 6.03. The first kappa shape index (κ1) is 16.4. The van der Waals surface area contributed by atoms with Crippen molar-refractivity contribution in [2.75, 3.05) is 6.61 Å². The number of fused-ring (bicyclic) bond motifs is 1. The number of thiophene rings is 1. The summed E-state index contributed by atoms with van der Waals surface area (Å²) in [5.41, 5.74) is 0.516. The second kappa shape index (κ2) is 7.43. The molecule has 0 amide bonds. The topological polar surface area (TPSA) is 43.4 Å². The molecule has 0 saturated carbocycles. The van der Waals surface area contributed by atoms with Crippen molar-refractivity contribution in [1.82, 2.24) is 0 Å². The number of benzene rings is 2. The number of ketones is 1. The summed E-state index contributed by atoms with van der Waals surface area (Å²) in [6.07, 6.45) is 2.90. The molecule has 1 aromatic heterocycles. The van der Waals surface area contributed by atoms with Gasteiger partial charge in [-0.05, 0) is 12.1 Å². The minimum atomic E-state index is -0.576. The van der Waals surface area contributed by atoms with Crippen LogP contribution in [0.3, 0.4) is 0 Å². The third-order valence-electron chi connectivity index (χ3n) is 3.37. The predicted octanol–water partition coefficient (Wildman–Crippen LogP) is 4.99. The van der Waals surface area contributed by atoms with Gasteiger partial charge in [-0.15, -0.1) is 11.3 Å². The van der Waals surface area contributed by atoms with Crippen LogP contribution < -0.4 is 0 Å². The van der Waals surface area contributed by atoms with Gasteiger partial charge in [0.05, 0.1) is 5.02 Å². The van der Waals surface area contributed by atoms with Gasteiger partial charge in [0.2, 0.25) is 0 Å². The summed E-state index contributed by atoms with van der Waals surface area (Å²) in [6.45, 7) is -0.284. The third-order valence-corrected chi connectivity index (χ3v) is 5.03. The SMILES string of the molecule is O=C(/C=C/c1sc2ccccc2c1Cl)OCC(=O)c1ccccc1. The summed E-state index contributed by atoms with van der Waals surface area (Å²) >= 11 is 7.79. The molecule has 0 aliphatic rings. The molecule has 1 heterocycles. The Bertz CT molecular complexity index is 913. The molecule has 2 aromatic carbocycles. The van der Waals surface area contributed by atoms with Crippen LogP contribution in [0.15, 0.2) is 60.7 Å². The van der Waals surface area contributed by atoms with Crippen LogP contribution in [0.2, 0.25) is 5.02 Å². The molecule has 24 heavy (non-hydrogen) atoms. The fourth-order valence-electron chi connectivity index (χ4n) is 2.18. The molecule has 3 nitrogen and oxygen atoms in total. The van der Waals surface area contributed by atoms with Crippen molar-refractivity contribution in [1.29, 1.82) is 0 Å². The maximum Gasteiger partial charge on any atom is 0.331 e. The third kappa shape index (κ3) is 3.72. The van der Waals surface area contributed by atoms with Crippen molar-refractivity contribution in [2.24, 2.45) is 0 Å². The van der Waals surface area contributed by atoms with Crippen molar-refractivity contribution in [3.8, 4) is 0 Å². The van der Waals surface area contributed by atoms with E-state index in [4.69, 9.17) is 16.3 Å². The van der Waals surface area contributed by atoms with E-state index < -0.39 is 5.97 Å². The van der Waals surface area contributed by atoms with E-state index in [2.05, 4.69) is 0 Å². The molecule has 3 aromatic rings. The smallest absolute Gasteiger partial charge is 0.331 e. The number of hydrogen-bond donors (Lipinski definition) is 0. The van der Waals surface area contributed by atoms with Crippen LogP contribution in [0.25, 0.3) is 16.2 Å². The largest absolute Gasteiger partial charge is 0.454 e. The average Bonchev–Trinajstić information content (AvgIpc) is 2.95. The van der Waals surface area contributed by atoms with E-state index in [1.54, 1.807) is 30.3 Å². The normalized spacial score (nSPS) is 11.0. The van der Waals surface area contributed by atoms with Gasteiger partial charge in [0.15, 0.2) is 12.4 Å². The Hall–Kier alpha value is -2.43. The van der Waals surface area contributed by atoms with E-state index in [-0.39, 0.29) is 12.4 Å². The minimum absolute atomic E-state index is 0.239. The summed E-state index contributed by atoms with van der Waals surface area (Å²) in [6, 6.07) is 16.5. The van der Waals surface area contributed by atoms with Gasteiger partial charge in [-0.2, -0.15) is 0 Å². The van der Waals surface area contributed by atoms with E-state index >= 15 is 0 Å². The Balaban J connectivity index is 1.63. The highest BCUT2D eigenvalue weighted by Crippen LogP contribution is 2.35. The molecule has 0 bridgehead atoms. The molecule has 0 radical (unpaired) electrons. The lowest BCUT2D eigenvalue weighted by Gasteiger charge is -2.01. The van der Waals surface area contributed by atoms with E-state index in [9.17, 15) is 9.59 Å². The highest BCUT2D eigenvalue weighted by molar-refractivity contribution is 7.20. The van der Waals surface area contributed by atoms with Gasteiger partial charge in [-0.1, -0.05) is 60.1 Å². The number of halogens is 1. The van der Waals surface area contributed by atoms with Crippen molar-refractivity contribution in [3.63, 3.8) is 0 Å². The molecule has 3 rings (SSSR count). The zero-order chi connectivity index (χ0) is 16.9. The van der Waals surface area contributed by atoms with Crippen molar-refractivity contribution in [2.45, 2.75) is 0 Å². The van der Waals surface area contributed by atoms with Crippen LogP contribution in [0.4, 0.5) is 0 Å². The first-order valence-corrected chi connectivity index (χ1v) is 8.45. The lowest BCUT2D eigenvalue weighted by atomic mass is 10.1. The lowest BCUT2D eigenvalue weighted by Crippen LogP contribution is -2.12. The Labute approximate surface area is 148 Å². The van der Waals surface area contributed by atoms with Gasteiger partial charge in [-0.25, -0.2) is 4.79 Å². The number of hydrogen-bond acceptors (Lipinski definition) is 4. The maximum absolute atomic E-state index is 11.9. The van der Waals surface area contributed by atoms with Crippen molar-refractivity contribution >= 4 is 50.9 Å². The molecule has 120 valence electrons.